The van der Waals surface area contributed by atoms with Gasteiger partial charge in [-0.05, 0) is 26.2 Å². The highest BCUT2D eigenvalue weighted by atomic mass is 16.5. The van der Waals surface area contributed by atoms with Gasteiger partial charge in [0.05, 0.1) is 17.2 Å². The predicted octanol–water partition coefficient (Wildman–Crippen LogP) is 2.23. The van der Waals surface area contributed by atoms with Gasteiger partial charge in [-0.3, -0.25) is 4.79 Å². The Hall–Kier alpha value is -2.31. The zero-order valence-corrected chi connectivity index (χ0v) is 13.9. The van der Waals surface area contributed by atoms with Crippen molar-refractivity contribution in [1.82, 2.24) is 25.0 Å². The van der Waals surface area contributed by atoms with Gasteiger partial charge in [0.1, 0.15) is 5.82 Å². The zero-order chi connectivity index (χ0) is 16.6. The summed E-state index contributed by atoms with van der Waals surface area (Å²) in [6.45, 7) is 8.97. The van der Waals surface area contributed by atoms with Gasteiger partial charge in [-0.25, -0.2) is 9.97 Å². The molecule has 0 aromatic carbocycles. The van der Waals surface area contributed by atoms with Crippen molar-refractivity contribution >= 4 is 5.91 Å². The molecule has 7 nitrogen and oxygen atoms in total. The molecular formula is C16H21N5O2. The summed E-state index contributed by atoms with van der Waals surface area (Å²) in [6, 6.07) is 0. The van der Waals surface area contributed by atoms with Crippen molar-refractivity contribution in [2.45, 2.75) is 46.0 Å². The highest BCUT2D eigenvalue weighted by Gasteiger charge is 2.32. The second-order valence-electron chi connectivity index (χ2n) is 6.29. The molecule has 0 spiro atoms. The minimum atomic E-state index is -0.0209. The number of hydrogen-bond donors (Lipinski definition) is 0. The highest BCUT2D eigenvalue weighted by Crippen LogP contribution is 2.28. The molecule has 0 radical (unpaired) electrons. The molecule has 0 bridgehead atoms. The first-order chi connectivity index (χ1) is 11.0. The Bertz CT molecular complexity index is 725. The lowest BCUT2D eigenvalue weighted by Gasteiger charge is -2.18. The number of carbonyl (C=O) groups is 1. The van der Waals surface area contributed by atoms with Gasteiger partial charge in [-0.2, -0.15) is 4.98 Å². The number of likely N-dealkylation sites (tertiary alicyclic amines) is 1. The van der Waals surface area contributed by atoms with E-state index in [9.17, 15) is 4.79 Å². The number of amides is 1. The number of aromatic nitrogens is 4. The Labute approximate surface area is 135 Å². The molecule has 23 heavy (non-hydrogen) atoms. The minimum Gasteiger partial charge on any atom is -0.339 e. The molecule has 1 amide bonds. The molecule has 3 heterocycles. The van der Waals surface area contributed by atoms with Gasteiger partial charge in [0.15, 0.2) is 5.82 Å². The van der Waals surface area contributed by atoms with Crippen LogP contribution in [0.25, 0.3) is 0 Å². The molecule has 1 fully saturated rings. The average Bonchev–Trinajstić information content (AvgIpc) is 3.15. The van der Waals surface area contributed by atoms with Crippen LogP contribution in [0.4, 0.5) is 0 Å². The van der Waals surface area contributed by atoms with E-state index in [1.54, 1.807) is 13.1 Å². The predicted molar refractivity (Wildman–Crippen MR) is 83.2 cm³/mol. The molecule has 0 aliphatic carbocycles. The monoisotopic (exact) mass is 315 g/mol. The normalized spacial score (nSPS) is 18.0. The number of aryl methyl sites for hydroxylation is 2. The fraction of sp³-hybridized carbons (Fsp3) is 0.562. The second kappa shape index (κ2) is 6.06. The molecule has 0 N–H and O–H groups in total. The van der Waals surface area contributed by atoms with Crippen LogP contribution in [0.3, 0.4) is 0 Å². The molecule has 122 valence electrons. The van der Waals surface area contributed by atoms with E-state index in [2.05, 4.69) is 20.1 Å². The molecule has 1 unspecified atom stereocenters. The summed E-state index contributed by atoms with van der Waals surface area (Å²) < 4.78 is 5.24. The maximum Gasteiger partial charge on any atom is 0.257 e. The van der Waals surface area contributed by atoms with Crippen LogP contribution in [0.15, 0.2) is 10.7 Å². The van der Waals surface area contributed by atoms with Crippen LogP contribution in [-0.4, -0.2) is 44.0 Å². The molecule has 3 rings (SSSR count). The van der Waals surface area contributed by atoms with Crippen LogP contribution in [0, 0.1) is 13.8 Å². The van der Waals surface area contributed by atoms with Gasteiger partial charge in [0.25, 0.3) is 5.91 Å². The van der Waals surface area contributed by atoms with Crippen LogP contribution in [-0.2, 0) is 0 Å². The highest BCUT2D eigenvalue weighted by molar-refractivity contribution is 5.95. The smallest absolute Gasteiger partial charge is 0.257 e. The summed E-state index contributed by atoms with van der Waals surface area (Å²) in [6.07, 6.45) is 2.47. The van der Waals surface area contributed by atoms with E-state index in [1.165, 1.54) is 0 Å². The Balaban J connectivity index is 1.79. The first-order valence-electron chi connectivity index (χ1n) is 7.88. The van der Waals surface area contributed by atoms with Crippen LogP contribution in [0.5, 0.6) is 0 Å². The lowest BCUT2D eigenvalue weighted by molar-refractivity contribution is 0.0787. The van der Waals surface area contributed by atoms with E-state index < -0.39 is 0 Å². The summed E-state index contributed by atoms with van der Waals surface area (Å²) in [7, 11) is 0. The van der Waals surface area contributed by atoms with E-state index in [1.807, 2.05) is 25.7 Å². The van der Waals surface area contributed by atoms with Crippen molar-refractivity contribution in [1.29, 1.82) is 0 Å². The van der Waals surface area contributed by atoms with Crippen molar-refractivity contribution < 1.29 is 9.32 Å². The molecule has 1 atom stereocenters. The number of hydrogen-bond acceptors (Lipinski definition) is 6. The van der Waals surface area contributed by atoms with Gasteiger partial charge in [0.2, 0.25) is 5.89 Å². The third kappa shape index (κ3) is 3.09. The summed E-state index contributed by atoms with van der Waals surface area (Å²) in [5.74, 6) is 2.18. The molecule has 0 saturated carbocycles. The summed E-state index contributed by atoms with van der Waals surface area (Å²) >= 11 is 0. The van der Waals surface area contributed by atoms with Crippen LogP contribution < -0.4 is 0 Å². The number of rotatable bonds is 3. The number of carbonyl (C=O) groups excluding carboxylic acids is 1. The largest absolute Gasteiger partial charge is 0.339 e. The van der Waals surface area contributed by atoms with Gasteiger partial charge < -0.3 is 9.42 Å². The van der Waals surface area contributed by atoms with Crippen molar-refractivity contribution in [3.8, 4) is 0 Å². The zero-order valence-electron chi connectivity index (χ0n) is 13.9. The van der Waals surface area contributed by atoms with E-state index in [-0.39, 0.29) is 17.7 Å². The Morgan fingerprint density at radius 1 is 1.30 bits per heavy atom. The molecule has 1 saturated heterocycles. The van der Waals surface area contributed by atoms with Gasteiger partial charge in [0, 0.05) is 19.3 Å². The standard InChI is InChI=1S/C16H21N5O2/c1-9(2)14-13(7-17-10(3)18-14)16(22)21-6-5-12(8-21)15-19-11(4)20-23-15/h7,9,12H,5-6,8H2,1-4H3. The molecular weight excluding hydrogens is 294 g/mol. The Morgan fingerprint density at radius 2 is 2.09 bits per heavy atom. The van der Waals surface area contributed by atoms with Gasteiger partial charge in [-0.15, -0.1) is 0 Å². The van der Waals surface area contributed by atoms with Crippen molar-refractivity contribution in [3.63, 3.8) is 0 Å². The topological polar surface area (TPSA) is 85.0 Å². The molecule has 7 heteroatoms. The fourth-order valence-electron chi connectivity index (χ4n) is 2.89. The maximum absolute atomic E-state index is 12.8. The van der Waals surface area contributed by atoms with Crippen molar-refractivity contribution in [2.75, 3.05) is 13.1 Å². The van der Waals surface area contributed by atoms with Gasteiger partial charge in [-0.1, -0.05) is 19.0 Å². The quantitative estimate of drug-likeness (QED) is 0.863. The van der Waals surface area contributed by atoms with E-state index in [0.717, 1.165) is 12.1 Å². The Kier molecular flexibility index (Phi) is 4.11. The summed E-state index contributed by atoms with van der Waals surface area (Å²) in [5.41, 5.74) is 1.40. The molecule has 1 aliphatic rings. The van der Waals surface area contributed by atoms with Crippen molar-refractivity contribution in [2.24, 2.45) is 0 Å². The van der Waals surface area contributed by atoms with Crippen LogP contribution in [0.1, 0.15) is 65.7 Å². The van der Waals surface area contributed by atoms with E-state index >= 15 is 0 Å². The van der Waals surface area contributed by atoms with Gasteiger partial charge >= 0.3 is 0 Å². The minimum absolute atomic E-state index is 0.0209. The second-order valence-corrected chi connectivity index (χ2v) is 6.29. The summed E-state index contributed by atoms with van der Waals surface area (Å²) in [5, 5.41) is 3.83. The maximum atomic E-state index is 12.8. The molecule has 2 aromatic rings. The van der Waals surface area contributed by atoms with Crippen LogP contribution in [0.2, 0.25) is 0 Å². The van der Waals surface area contributed by atoms with E-state index in [4.69, 9.17) is 4.52 Å². The molecule has 1 aliphatic heterocycles. The first-order valence-corrected chi connectivity index (χ1v) is 7.88. The van der Waals surface area contributed by atoms with Crippen LogP contribution >= 0.6 is 0 Å². The lowest BCUT2D eigenvalue weighted by atomic mass is 10.0. The lowest BCUT2D eigenvalue weighted by Crippen LogP contribution is -2.30. The first kappa shape index (κ1) is 15.6. The fourth-order valence-corrected chi connectivity index (χ4v) is 2.89. The molecule has 2 aromatic heterocycles. The van der Waals surface area contributed by atoms with E-state index in [0.29, 0.717) is 36.2 Å². The third-order valence-electron chi connectivity index (χ3n) is 4.08. The summed E-state index contributed by atoms with van der Waals surface area (Å²) in [4.78, 5) is 27.6. The Morgan fingerprint density at radius 3 is 2.74 bits per heavy atom. The van der Waals surface area contributed by atoms with Crippen molar-refractivity contribution in [3.05, 3.63) is 35.0 Å². The average molecular weight is 315 g/mol. The third-order valence-corrected chi connectivity index (χ3v) is 4.08. The SMILES string of the molecule is Cc1noc(C2CCN(C(=O)c3cnc(C)nc3C(C)C)C2)n1. The number of nitrogens with zero attached hydrogens (tertiary/aromatic N) is 5.